The van der Waals surface area contributed by atoms with E-state index in [1.54, 1.807) is 0 Å². The molecular formula is C16H26N2O4S. The Balaban J connectivity index is 1.67. The summed E-state index contributed by atoms with van der Waals surface area (Å²) in [6, 6.07) is -0.309. The Morgan fingerprint density at radius 2 is 1.70 bits per heavy atom. The van der Waals surface area contributed by atoms with Gasteiger partial charge < -0.3 is 5.32 Å². The number of nitrogens with zero attached hydrogens (tertiary/aromatic N) is 1. The fourth-order valence-electron chi connectivity index (χ4n) is 4.22. The summed E-state index contributed by atoms with van der Waals surface area (Å²) in [5.41, 5.74) is -0.780. The lowest BCUT2D eigenvalue weighted by atomic mass is 9.75. The maximum Gasteiger partial charge on any atom is 0.325 e. The van der Waals surface area contributed by atoms with Crippen LogP contribution in [0.1, 0.15) is 51.9 Å². The Labute approximate surface area is 137 Å². The number of carbonyl (C=O) groups is 2. The van der Waals surface area contributed by atoms with Crippen LogP contribution < -0.4 is 5.32 Å². The Morgan fingerprint density at radius 3 is 2.30 bits per heavy atom. The first-order valence-corrected chi connectivity index (χ1v) is 10.5. The monoisotopic (exact) mass is 342 g/mol. The zero-order chi connectivity index (χ0) is 16.7. The zero-order valence-corrected chi connectivity index (χ0v) is 14.5. The number of carbonyl (C=O) groups excluding carboxylic acids is 2. The van der Waals surface area contributed by atoms with E-state index in [9.17, 15) is 18.0 Å². The number of amides is 3. The van der Waals surface area contributed by atoms with Crippen molar-refractivity contribution in [1.82, 2.24) is 10.2 Å². The zero-order valence-electron chi connectivity index (χ0n) is 13.7. The van der Waals surface area contributed by atoms with Gasteiger partial charge in [0.2, 0.25) is 0 Å². The van der Waals surface area contributed by atoms with E-state index in [1.165, 1.54) is 11.3 Å². The maximum atomic E-state index is 12.9. The van der Waals surface area contributed by atoms with Crippen LogP contribution in [0.25, 0.3) is 0 Å². The molecule has 1 N–H and O–H groups in total. The second-order valence-electron chi connectivity index (χ2n) is 7.48. The van der Waals surface area contributed by atoms with E-state index in [4.69, 9.17) is 0 Å². The van der Waals surface area contributed by atoms with Crippen molar-refractivity contribution in [3.8, 4) is 0 Å². The quantitative estimate of drug-likeness (QED) is 0.791. The first-order chi connectivity index (χ1) is 10.8. The summed E-state index contributed by atoms with van der Waals surface area (Å²) in [6.45, 7) is 2.21. The Bertz CT molecular complexity index is 583. The van der Waals surface area contributed by atoms with Crippen LogP contribution in [-0.2, 0) is 14.6 Å². The first-order valence-electron chi connectivity index (χ1n) is 8.66. The molecule has 1 saturated carbocycles. The van der Waals surface area contributed by atoms with Gasteiger partial charge in [0.05, 0.1) is 11.5 Å². The first kappa shape index (κ1) is 16.7. The molecule has 0 radical (unpaired) electrons. The van der Waals surface area contributed by atoms with Crippen LogP contribution in [0.2, 0.25) is 0 Å². The molecule has 1 unspecified atom stereocenters. The predicted octanol–water partition coefficient (Wildman–Crippen LogP) is 1.70. The summed E-state index contributed by atoms with van der Waals surface area (Å²) in [7, 11) is -2.92. The van der Waals surface area contributed by atoms with Gasteiger partial charge in [0.15, 0.2) is 0 Å². The SMILES string of the molecule is CC1(C2CCCCC2)NC(=O)N(CC2CCS(=O)(=O)CC2)C1=O. The third kappa shape index (κ3) is 3.25. The summed E-state index contributed by atoms with van der Waals surface area (Å²) in [5, 5.41) is 2.92. The topological polar surface area (TPSA) is 83.6 Å². The second-order valence-corrected chi connectivity index (χ2v) is 9.78. The average Bonchev–Trinajstić information content (AvgIpc) is 2.74. The van der Waals surface area contributed by atoms with Gasteiger partial charge in [-0.05, 0) is 44.4 Å². The van der Waals surface area contributed by atoms with E-state index in [1.807, 2.05) is 6.92 Å². The molecule has 2 aliphatic heterocycles. The number of sulfone groups is 1. The molecule has 6 nitrogen and oxygen atoms in total. The van der Waals surface area contributed by atoms with Gasteiger partial charge in [0, 0.05) is 6.54 Å². The molecule has 23 heavy (non-hydrogen) atoms. The molecule has 130 valence electrons. The highest BCUT2D eigenvalue weighted by Gasteiger charge is 2.52. The van der Waals surface area contributed by atoms with Crippen LogP contribution in [0.15, 0.2) is 0 Å². The Hall–Kier alpha value is -1.11. The fraction of sp³-hybridized carbons (Fsp3) is 0.875. The van der Waals surface area contributed by atoms with Gasteiger partial charge in [-0.25, -0.2) is 13.2 Å². The summed E-state index contributed by atoms with van der Waals surface area (Å²) < 4.78 is 23.0. The highest BCUT2D eigenvalue weighted by atomic mass is 32.2. The molecule has 0 spiro atoms. The molecule has 3 amide bonds. The van der Waals surface area contributed by atoms with Gasteiger partial charge in [-0.2, -0.15) is 0 Å². The van der Waals surface area contributed by atoms with Gasteiger partial charge in [0.25, 0.3) is 5.91 Å². The molecule has 2 saturated heterocycles. The molecule has 0 aromatic carbocycles. The third-order valence-corrected chi connectivity index (χ3v) is 7.55. The highest BCUT2D eigenvalue weighted by molar-refractivity contribution is 7.91. The molecule has 3 fully saturated rings. The number of imide groups is 1. The van der Waals surface area contributed by atoms with E-state index < -0.39 is 15.4 Å². The van der Waals surface area contributed by atoms with Gasteiger partial charge in [-0.15, -0.1) is 0 Å². The van der Waals surface area contributed by atoms with Crippen molar-refractivity contribution in [2.75, 3.05) is 18.1 Å². The summed E-state index contributed by atoms with van der Waals surface area (Å²) in [5.74, 6) is 0.525. The van der Waals surface area contributed by atoms with Gasteiger partial charge >= 0.3 is 6.03 Å². The minimum atomic E-state index is -2.92. The lowest BCUT2D eigenvalue weighted by Gasteiger charge is -2.34. The van der Waals surface area contributed by atoms with E-state index in [0.717, 1.165) is 25.7 Å². The van der Waals surface area contributed by atoms with E-state index in [2.05, 4.69) is 5.32 Å². The second kappa shape index (κ2) is 6.07. The van der Waals surface area contributed by atoms with Crippen LogP contribution >= 0.6 is 0 Å². The van der Waals surface area contributed by atoms with Gasteiger partial charge in [-0.1, -0.05) is 19.3 Å². The molecule has 1 atom stereocenters. The number of urea groups is 1. The predicted molar refractivity (Wildman–Crippen MR) is 86.6 cm³/mol. The Kier molecular flexibility index (Phi) is 4.42. The highest BCUT2D eigenvalue weighted by Crippen LogP contribution is 2.37. The smallest absolute Gasteiger partial charge is 0.323 e. The number of hydrogen-bond acceptors (Lipinski definition) is 4. The van der Waals surface area contributed by atoms with E-state index >= 15 is 0 Å². The van der Waals surface area contributed by atoms with Crippen LogP contribution in [0, 0.1) is 11.8 Å². The van der Waals surface area contributed by atoms with Crippen molar-refractivity contribution < 1.29 is 18.0 Å². The molecular weight excluding hydrogens is 316 g/mol. The van der Waals surface area contributed by atoms with Crippen LogP contribution in [0.5, 0.6) is 0 Å². The standard InChI is InChI=1S/C16H26N2O4S/c1-16(13-5-3-2-4-6-13)14(19)18(15(20)17-16)11-12-7-9-23(21,22)10-8-12/h12-13H,2-11H2,1H3,(H,17,20). The lowest BCUT2D eigenvalue weighted by Crippen LogP contribution is -2.51. The normalized spacial score (nSPS) is 33.0. The molecule has 7 heteroatoms. The maximum absolute atomic E-state index is 12.9. The largest absolute Gasteiger partial charge is 0.325 e. The number of nitrogens with one attached hydrogen (secondary N) is 1. The van der Waals surface area contributed by atoms with Crippen molar-refractivity contribution in [3.05, 3.63) is 0 Å². The number of hydrogen-bond donors (Lipinski definition) is 1. The molecule has 0 bridgehead atoms. The van der Waals surface area contributed by atoms with Crippen LogP contribution in [0.4, 0.5) is 4.79 Å². The van der Waals surface area contributed by atoms with Crippen molar-refractivity contribution in [2.45, 2.75) is 57.4 Å². The Morgan fingerprint density at radius 1 is 1.09 bits per heavy atom. The molecule has 0 aromatic heterocycles. The fourth-order valence-corrected chi connectivity index (χ4v) is 5.81. The van der Waals surface area contributed by atoms with Gasteiger partial charge in [-0.3, -0.25) is 9.69 Å². The molecule has 3 rings (SSSR count). The van der Waals surface area contributed by atoms with E-state index in [-0.39, 0.29) is 35.3 Å². The minimum absolute atomic E-state index is 0.0990. The van der Waals surface area contributed by atoms with Crippen molar-refractivity contribution in [3.63, 3.8) is 0 Å². The van der Waals surface area contributed by atoms with Crippen molar-refractivity contribution in [1.29, 1.82) is 0 Å². The molecule has 0 aromatic rings. The van der Waals surface area contributed by atoms with E-state index in [0.29, 0.717) is 19.4 Å². The van der Waals surface area contributed by atoms with Gasteiger partial charge in [0.1, 0.15) is 15.4 Å². The minimum Gasteiger partial charge on any atom is -0.323 e. The van der Waals surface area contributed by atoms with Crippen molar-refractivity contribution in [2.24, 2.45) is 11.8 Å². The molecule has 1 aliphatic carbocycles. The van der Waals surface area contributed by atoms with Crippen LogP contribution in [-0.4, -0.2) is 48.8 Å². The van der Waals surface area contributed by atoms with Crippen molar-refractivity contribution >= 4 is 21.8 Å². The summed E-state index contributed by atoms with van der Waals surface area (Å²) in [6.07, 6.45) is 6.48. The number of rotatable bonds is 3. The lowest BCUT2D eigenvalue weighted by molar-refractivity contribution is -0.133. The molecule has 2 heterocycles. The van der Waals surface area contributed by atoms with Crippen LogP contribution in [0.3, 0.4) is 0 Å². The summed E-state index contributed by atoms with van der Waals surface area (Å²) >= 11 is 0. The average molecular weight is 342 g/mol. The molecule has 3 aliphatic rings. The third-order valence-electron chi connectivity index (χ3n) is 5.84. The summed E-state index contributed by atoms with van der Waals surface area (Å²) in [4.78, 5) is 26.5.